The van der Waals surface area contributed by atoms with E-state index in [0.717, 1.165) is 18.7 Å². The standard InChI is InChI=1S/C12H23N3/c1-6-8-13-11(7-2)12-9(3)14-15(5)10(12)4/h11,13H,6-8H2,1-5H3. The first-order valence-corrected chi connectivity index (χ1v) is 5.85. The molecule has 1 atom stereocenters. The van der Waals surface area contributed by atoms with Crippen LogP contribution in [0.2, 0.25) is 0 Å². The molecule has 0 fully saturated rings. The Bertz CT molecular complexity index is 315. The summed E-state index contributed by atoms with van der Waals surface area (Å²) >= 11 is 0. The number of rotatable bonds is 5. The van der Waals surface area contributed by atoms with Crippen LogP contribution in [0.3, 0.4) is 0 Å². The zero-order valence-corrected chi connectivity index (χ0v) is 10.6. The van der Waals surface area contributed by atoms with Gasteiger partial charge in [-0.1, -0.05) is 13.8 Å². The summed E-state index contributed by atoms with van der Waals surface area (Å²) in [6.07, 6.45) is 2.29. The molecule has 0 radical (unpaired) electrons. The van der Waals surface area contributed by atoms with Crippen LogP contribution in [0.5, 0.6) is 0 Å². The predicted molar refractivity (Wildman–Crippen MR) is 64.0 cm³/mol. The lowest BCUT2D eigenvalue weighted by atomic mass is 10.0. The number of aromatic nitrogens is 2. The number of aryl methyl sites for hydroxylation is 2. The first kappa shape index (κ1) is 12.2. The van der Waals surface area contributed by atoms with Crippen molar-refractivity contribution in [1.29, 1.82) is 0 Å². The molecule has 3 nitrogen and oxygen atoms in total. The SMILES string of the molecule is CCCNC(CC)c1c(C)nn(C)c1C. The second-order valence-electron chi connectivity index (χ2n) is 4.12. The first-order valence-electron chi connectivity index (χ1n) is 5.85. The zero-order chi connectivity index (χ0) is 11.4. The van der Waals surface area contributed by atoms with Crippen LogP contribution in [0.25, 0.3) is 0 Å². The molecule has 1 aromatic rings. The van der Waals surface area contributed by atoms with Crippen LogP contribution in [-0.2, 0) is 7.05 Å². The Morgan fingerprint density at radius 3 is 2.40 bits per heavy atom. The second kappa shape index (κ2) is 5.31. The molecule has 0 aliphatic carbocycles. The molecule has 3 heteroatoms. The molecular weight excluding hydrogens is 186 g/mol. The van der Waals surface area contributed by atoms with Crippen LogP contribution >= 0.6 is 0 Å². The van der Waals surface area contributed by atoms with Gasteiger partial charge in [0.2, 0.25) is 0 Å². The lowest BCUT2D eigenvalue weighted by Crippen LogP contribution is -2.22. The third kappa shape index (κ3) is 2.59. The molecule has 0 saturated heterocycles. The molecule has 1 N–H and O–H groups in total. The van der Waals surface area contributed by atoms with Crippen molar-refractivity contribution in [3.8, 4) is 0 Å². The number of hydrogen-bond donors (Lipinski definition) is 1. The van der Waals surface area contributed by atoms with Crippen molar-refractivity contribution in [2.24, 2.45) is 7.05 Å². The fourth-order valence-corrected chi connectivity index (χ4v) is 2.06. The fourth-order valence-electron chi connectivity index (χ4n) is 2.06. The van der Waals surface area contributed by atoms with Crippen LogP contribution in [-0.4, -0.2) is 16.3 Å². The predicted octanol–water partition coefficient (Wildman–Crippen LogP) is 2.49. The van der Waals surface area contributed by atoms with E-state index in [2.05, 4.69) is 38.1 Å². The number of hydrogen-bond acceptors (Lipinski definition) is 2. The molecule has 15 heavy (non-hydrogen) atoms. The third-order valence-electron chi connectivity index (χ3n) is 2.96. The maximum atomic E-state index is 4.46. The van der Waals surface area contributed by atoms with Crippen molar-refractivity contribution in [1.82, 2.24) is 15.1 Å². The molecule has 0 aromatic carbocycles. The second-order valence-corrected chi connectivity index (χ2v) is 4.12. The molecule has 0 amide bonds. The van der Waals surface area contributed by atoms with Crippen molar-refractivity contribution in [2.75, 3.05) is 6.54 Å². The van der Waals surface area contributed by atoms with Gasteiger partial charge >= 0.3 is 0 Å². The lowest BCUT2D eigenvalue weighted by molar-refractivity contribution is 0.513. The van der Waals surface area contributed by atoms with E-state index >= 15 is 0 Å². The highest BCUT2D eigenvalue weighted by molar-refractivity contribution is 5.28. The molecule has 1 unspecified atom stereocenters. The van der Waals surface area contributed by atoms with E-state index in [1.165, 1.54) is 17.7 Å². The maximum absolute atomic E-state index is 4.46. The topological polar surface area (TPSA) is 29.9 Å². The Labute approximate surface area is 92.9 Å². The molecule has 0 saturated carbocycles. The summed E-state index contributed by atoms with van der Waals surface area (Å²) in [5, 5.41) is 8.04. The van der Waals surface area contributed by atoms with E-state index in [1.807, 2.05) is 11.7 Å². The van der Waals surface area contributed by atoms with Gasteiger partial charge in [-0.15, -0.1) is 0 Å². The van der Waals surface area contributed by atoms with E-state index in [0.29, 0.717) is 6.04 Å². The molecule has 0 spiro atoms. The summed E-state index contributed by atoms with van der Waals surface area (Å²) < 4.78 is 1.97. The smallest absolute Gasteiger partial charge is 0.0644 e. The van der Waals surface area contributed by atoms with Crippen LogP contribution in [0, 0.1) is 13.8 Å². The van der Waals surface area contributed by atoms with Gasteiger partial charge in [0.05, 0.1) is 5.69 Å². The highest BCUT2D eigenvalue weighted by Gasteiger charge is 2.17. The van der Waals surface area contributed by atoms with E-state index < -0.39 is 0 Å². The van der Waals surface area contributed by atoms with Crippen LogP contribution < -0.4 is 5.32 Å². The summed E-state index contributed by atoms with van der Waals surface area (Å²) in [6, 6.07) is 0.457. The normalized spacial score (nSPS) is 13.1. The Hall–Kier alpha value is -0.830. The van der Waals surface area contributed by atoms with Crippen molar-refractivity contribution in [3.63, 3.8) is 0 Å². The number of nitrogens with one attached hydrogen (secondary N) is 1. The van der Waals surface area contributed by atoms with Gasteiger partial charge in [0, 0.05) is 24.3 Å². The van der Waals surface area contributed by atoms with Gasteiger partial charge in [-0.25, -0.2) is 0 Å². The molecule has 0 aliphatic rings. The van der Waals surface area contributed by atoms with E-state index in [9.17, 15) is 0 Å². The minimum Gasteiger partial charge on any atom is -0.310 e. The van der Waals surface area contributed by atoms with Crippen LogP contribution in [0.15, 0.2) is 0 Å². The van der Waals surface area contributed by atoms with E-state index in [-0.39, 0.29) is 0 Å². The third-order valence-corrected chi connectivity index (χ3v) is 2.96. The summed E-state index contributed by atoms with van der Waals surface area (Å²) in [5.41, 5.74) is 3.82. The zero-order valence-electron chi connectivity index (χ0n) is 10.6. The fraction of sp³-hybridized carbons (Fsp3) is 0.750. The average molecular weight is 209 g/mol. The van der Waals surface area contributed by atoms with Crippen molar-refractivity contribution < 1.29 is 0 Å². The van der Waals surface area contributed by atoms with Crippen LogP contribution in [0.1, 0.15) is 49.7 Å². The van der Waals surface area contributed by atoms with E-state index in [4.69, 9.17) is 0 Å². The summed E-state index contributed by atoms with van der Waals surface area (Å²) in [7, 11) is 2.01. The van der Waals surface area contributed by atoms with Crippen molar-refractivity contribution in [2.45, 2.75) is 46.6 Å². The molecular formula is C12H23N3. The monoisotopic (exact) mass is 209 g/mol. The minimum atomic E-state index is 0.457. The summed E-state index contributed by atoms with van der Waals surface area (Å²) in [6.45, 7) is 9.73. The highest BCUT2D eigenvalue weighted by Crippen LogP contribution is 2.23. The largest absolute Gasteiger partial charge is 0.310 e. The Morgan fingerprint density at radius 1 is 1.33 bits per heavy atom. The van der Waals surface area contributed by atoms with Crippen LogP contribution in [0.4, 0.5) is 0 Å². The average Bonchev–Trinajstić information content (AvgIpc) is 2.45. The Morgan fingerprint density at radius 2 is 2.00 bits per heavy atom. The minimum absolute atomic E-state index is 0.457. The lowest BCUT2D eigenvalue weighted by Gasteiger charge is -2.17. The van der Waals surface area contributed by atoms with Gasteiger partial charge in [-0.3, -0.25) is 4.68 Å². The van der Waals surface area contributed by atoms with Gasteiger partial charge in [-0.05, 0) is 33.2 Å². The molecule has 1 aromatic heterocycles. The molecule has 86 valence electrons. The highest BCUT2D eigenvalue weighted by atomic mass is 15.3. The summed E-state index contributed by atoms with van der Waals surface area (Å²) in [5.74, 6) is 0. The quantitative estimate of drug-likeness (QED) is 0.807. The Kier molecular flexibility index (Phi) is 4.33. The van der Waals surface area contributed by atoms with Crippen molar-refractivity contribution >= 4 is 0 Å². The Balaban J connectivity index is 2.90. The maximum Gasteiger partial charge on any atom is 0.0644 e. The molecule has 0 aliphatic heterocycles. The van der Waals surface area contributed by atoms with Gasteiger partial charge < -0.3 is 5.32 Å². The van der Waals surface area contributed by atoms with Gasteiger partial charge in [0.15, 0.2) is 0 Å². The van der Waals surface area contributed by atoms with E-state index in [1.54, 1.807) is 0 Å². The van der Waals surface area contributed by atoms with Gasteiger partial charge in [-0.2, -0.15) is 5.10 Å². The summed E-state index contributed by atoms with van der Waals surface area (Å²) in [4.78, 5) is 0. The van der Waals surface area contributed by atoms with Crippen molar-refractivity contribution in [3.05, 3.63) is 17.0 Å². The molecule has 0 bridgehead atoms. The van der Waals surface area contributed by atoms with Gasteiger partial charge in [0.1, 0.15) is 0 Å². The molecule has 1 heterocycles. The number of nitrogens with zero attached hydrogens (tertiary/aromatic N) is 2. The van der Waals surface area contributed by atoms with Gasteiger partial charge in [0.25, 0.3) is 0 Å². The first-order chi connectivity index (χ1) is 7.11. The molecule has 1 rings (SSSR count).